The van der Waals surface area contributed by atoms with Crippen molar-refractivity contribution in [1.29, 1.82) is 0 Å². The van der Waals surface area contributed by atoms with Crippen molar-refractivity contribution in [2.75, 3.05) is 0 Å². The molecule has 2 aromatic rings. The quantitative estimate of drug-likeness (QED) is 0.748. The summed E-state index contributed by atoms with van der Waals surface area (Å²) in [4.78, 5) is 4.81. The Bertz CT molecular complexity index is 530. The van der Waals surface area contributed by atoms with E-state index in [4.69, 9.17) is 4.98 Å². The Morgan fingerprint density at radius 1 is 1.29 bits per heavy atom. The molecule has 1 aliphatic carbocycles. The molecule has 88 valence electrons. The van der Waals surface area contributed by atoms with Crippen molar-refractivity contribution in [3.8, 4) is 0 Å². The molecule has 0 saturated carbocycles. The standard InChI is InChI=1S/C16H19N/c1-2-5-12-8-9-16-14(10-12)11-13-6-3-4-7-15(13)17-16/h3-4,6-7,11-12H,2,5,8-10H2,1H3. The van der Waals surface area contributed by atoms with Crippen LogP contribution in [0.4, 0.5) is 0 Å². The van der Waals surface area contributed by atoms with Crippen LogP contribution >= 0.6 is 0 Å². The van der Waals surface area contributed by atoms with E-state index in [1.165, 1.54) is 48.7 Å². The molecule has 17 heavy (non-hydrogen) atoms. The van der Waals surface area contributed by atoms with E-state index < -0.39 is 0 Å². The van der Waals surface area contributed by atoms with Gasteiger partial charge in [0, 0.05) is 11.1 Å². The first kappa shape index (κ1) is 10.8. The van der Waals surface area contributed by atoms with Crippen LogP contribution in [0.1, 0.15) is 37.4 Å². The molecule has 0 amide bonds. The summed E-state index contributed by atoms with van der Waals surface area (Å²) in [5.41, 5.74) is 3.99. The van der Waals surface area contributed by atoms with E-state index in [1.54, 1.807) is 0 Å². The minimum Gasteiger partial charge on any atom is -0.253 e. The maximum Gasteiger partial charge on any atom is 0.0705 e. The molecule has 0 aliphatic heterocycles. The molecule has 0 spiro atoms. The third-order valence-corrected chi connectivity index (χ3v) is 3.89. The number of hydrogen-bond donors (Lipinski definition) is 0. The first-order valence-corrected chi connectivity index (χ1v) is 6.74. The number of fused-ring (bicyclic) bond motifs is 2. The highest BCUT2D eigenvalue weighted by Gasteiger charge is 2.19. The normalized spacial score (nSPS) is 19.2. The molecule has 1 aromatic carbocycles. The summed E-state index contributed by atoms with van der Waals surface area (Å²) >= 11 is 0. The zero-order chi connectivity index (χ0) is 11.7. The lowest BCUT2D eigenvalue weighted by Crippen LogP contribution is -2.15. The molecule has 1 aromatic heterocycles. The second-order valence-electron chi connectivity index (χ2n) is 5.18. The molecule has 0 radical (unpaired) electrons. The summed E-state index contributed by atoms with van der Waals surface area (Å²) in [5.74, 6) is 0.885. The molecule has 1 heteroatoms. The van der Waals surface area contributed by atoms with Gasteiger partial charge in [0.05, 0.1) is 5.52 Å². The molecule has 1 aliphatic rings. The van der Waals surface area contributed by atoms with Crippen molar-refractivity contribution >= 4 is 10.9 Å². The number of pyridine rings is 1. The lowest BCUT2D eigenvalue weighted by molar-refractivity contribution is 0.419. The fourth-order valence-electron chi connectivity index (χ4n) is 3.00. The average molecular weight is 225 g/mol. The van der Waals surface area contributed by atoms with Gasteiger partial charge in [-0.2, -0.15) is 0 Å². The first-order chi connectivity index (χ1) is 8.36. The lowest BCUT2D eigenvalue weighted by Gasteiger charge is -2.23. The summed E-state index contributed by atoms with van der Waals surface area (Å²) in [6.45, 7) is 2.29. The lowest BCUT2D eigenvalue weighted by atomic mass is 9.83. The highest BCUT2D eigenvalue weighted by Crippen LogP contribution is 2.29. The number of aromatic nitrogens is 1. The van der Waals surface area contributed by atoms with E-state index in [-0.39, 0.29) is 0 Å². The highest BCUT2D eigenvalue weighted by atomic mass is 14.7. The Morgan fingerprint density at radius 2 is 2.18 bits per heavy atom. The van der Waals surface area contributed by atoms with E-state index >= 15 is 0 Å². The summed E-state index contributed by atoms with van der Waals surface area (Å²) in [6.07, 6.45) is 6.41. The molecule has 0 bridgehead atoms. The molecule has 0 saturated heterocycles. The van der Waals surface area contributed by atoms with Gasteiger partial charge in [-0.3, -0.25) is 4.98 Å². The van der Waals surface area contributed by atoms with Crippen molar-refractivity contribution in [2.45, 2.75) is 39.0 Å². The van der Waals surface area contributed by atoms with Crippen LogP contribution < -0.4 is 0 Å². The van der Waals surface area contributed by atoms with Crippen LogP contribution in [0.3, 0.4) is 0 Å². The first-order valence-electron chi connectivity index (χ1n) is 6.74. The molecular weight excluding hydrogens is 206 g/mol. The van der Waals surface area contributed by atoms with Crippen LogP contribution in [0.5, 0.6) is 0 Å². The van der Waals surface area contributed by atoms with Gasteiger partial charge in [-0.1, -0.05) is 38.0 Å². The minimum atomic E-state index is 0.885. The summed E-state index contributed by atoms with van der Waals surface area (Å²) in [7, 11) is 0. The third kappa shape index (κ3) is 2.06. The third-order valence-electron chi connectivity index (χ3n) is 3.89. The largest absolute Gasteiger partial charge is 0.253 e. The number of para-hydroxylation sites is 1. The molecule has 1 nitrogen and oxygen atoms in total. The zero-order valence-corrected chi connectivity index (χ0v) is 10.4. The van der Waals surface area contributed by atoms with Gasteiger partial charge in [0.2, 0.25) is 0 Å². The van der Waals surface area contributed by atoms with Crippen LogP contribution in [0.2, 0.25) is 0 Å². The Hall–Kier alpha value is -1.37. The predicted octanol–water partition coefficient (Wildman–Crippen LogP) is 4.14. The maximum absolute atomic E-state index is 4.81. The Kier molecular flexibility index (Phi) is 2.84. The van der Waals surface area contributed by atoms with E-state index in [1.807, 2.05) is 0 Å². The minimum absolute atomic E-state index is 0.885. The van der Waals surface area contributed by atoms with Gasteiger partial charge in [-0.15, -0.1) is 0 Å². The fraction of sp³-hybridized carbons (Fsp3) is 0.438. The molecule has 1 atom stereocenters. The van der Waals surface area contributed by atoms with Crippen molar-refractivity contribution in [3.63, 3.8) is 0 Å². The number of hydrogen-bond acceptors (Lipinski definition) is 1. The molecule has 0 fully saturated rings. The second-order valence-corrected chi connectivity index (χ2v) is 5.18. The van der Waals surface area contributed by atoms with Gasteiger partial charge < -0.3 is 0 Å². The van der Waals surface area contributed by atoms with Crippen LogP contribution in [0.15, 0.2) is 30.3 Å². The SMILES string of the molecule is CCCC1CCc2nc3ccccc3cc2C1. The van der Waals surface area contributed by atoms with Crippen LogP contribution in [-0.4, -0.2) is 4.98 Å². The molecule has 0 N–H and O–H groups in total. The van der Waals surface area contributed by atoms with Crippen LogP contribution in [0, 0.1) is 5.92 Å². The fourth-order valence-corrected chi connectivity index (χ4v) is 3.00. The molecule has 1 heterocycles. The predicted molar refractivity (Wildman–Crippen MR) is 72.2 cm³/mol. The summed E-state index contributed by atoms with van der Waals surface area (Å²) in [5, 5.41) is 1.29. The van der Waals surface area contributed by atoms with Crippen molar-refractivity contribution in [1.82, 2.24) is 4.98 Å². The Morgan fingerprint density at radius 3 is 3.06 bits per heavy atom. The molecule has 3 rings (SSSR count). The van der Waals surface area contributed by atoms with E-state index in [9.17, 15) is 0 Å². The van der Waals surface area contributed by atoms with Crippen molar-refractivity contribution in [2.24, 2.45) is 5.92 Å². The average Bonchev–Trinajstić information content (AvgIpc) is 2.36. The van der Waals surface area contributed by atoms with E-state index in [0.29, 0.717) is 0 Å². The summed E-state index contributed by atoms with van der Waals surface area (Å²) in [6, 6.07) is 10.8. The monoisotopic (exact) mass is 225 g/mol. The van der Waals surface area contributed by atoms with E-state index in [2.05, 4.69) is 37.3 Å². The van der Waals surface area contributed by atoms with Gasteiger partial charge in [-0.05, 0) is 42.9 Å². The second kappa shape index (κ2) is 4.48. The van der Waals surface area contributed by atoms with Crippen LogP contribution in [-0.2, 0) is 12.8 Å². The van der Waals surface area contributed by atoms with Gasteiger partial charge in [0.1, 0.15) is 0 Å². The van der Waals surface area contributed by atoms with E-state index in [0.717, 1.165) is 11.4 Å². The zero-order valence-electron chi connectivity index (χ0n) is 10.4. The topological polar surface area (TPSA) is 12.9 Å². The number of nitrogens with zero attached hydrogens (tertiary/aromatic N) is 1. The van der Waals surface area contributed by atoms with Gasteiger partial charge in [0.15, 0.2) is 0 Å². The summed E-state index contributed by atoms with van der Waals surface area (Å²) < 4.78 is 0. The molecular formula is C16H19N. The Balaban J connectivity index is 1.99. The van der Waals surface area contributed by atoms with Gasteiger partial charge in [-0.25, -0.2) is 0 Å². The van der Waals surface area contributed by atoms with Gasteiger partial charge >= 0.3 is 0 Å². The van der Waals surface area contributed by atoms with Crippen molar-refractivity contribution < 1.29 is 0 Å². The smallest absolute Gasteiger partial charge is 0.0705 e. The number of rotatable bonds is 2. The Labute approximate surface area is 103 Å². The van der Waals surface area contributed by atoms with Gasteiger partial charge in [0.25, 0.3) is 0 Å². The number of aryl methyl sites for hydroxylation is 1. The number of benzene rings is 1. The van der Waals surface area contributed by atoms with Crippen molar-refractivity contribution in [3.05, 3.63) is 41.6 Å². The highest BCUT2D eigenvalue weighted by molar-refractivity contribution is 5.79. The maximum atomic E-state index is 4.81. The molecule has 1 unspecified atom stereocenters. The van der Waals surface area contributed by atoms with Crippen LogP contribution in [0.25, 0.3) is 10.9 Å².